The van der Waals surface area contributed by atoms with E-state index in [0.29, 0.717) is 45.5 Å². The summed E-state index contributed by atoms with van der Waals surface area (Å²) < 4.78 is 14.0. The monoisotopic (exact) mass is 600 g/mol. The minimum atomic E-state index is -0.528. The SMILES string of the molecule is CC1=C(C(=O)OC2CCCCC2)C(c2cccc(OCc3ccccc3)c2)n2nc(SCc3ccccc3Cl)nc2N1. The zero-order chi connectivity index (χ0) is 28.9. The fourth-order valence-electron chi connectivity index (χ4n) is 5.44. The average Bonchev–Trinajstić information content (AvgIpc) is 3.42. The predicted molar refractivity (Wildman–Crippen MR) is 166 cm³/mol. The van der Waals surface area contributed by atoms with E-state index in [9.17, 15) is 4.79 Å². The van der Waals surface area contributed by atoms with Crippen LogP contribution in [0.5, 0.6) is 5.75 Å². The number of allylic oxidation sites excluding steroid dienone is 1. The number of hydrogen-bond donors (Lipinski definition) is 1. The van der Waals surface area contributed by atoms with Gasteiger partial charge in [0, 0.05) is 16.5 Å². The summed E-state index contributed by atoms with van der Waals surface area (Å²) in [5.41, 5.74) is 4.19. The van der Waals surface area contributed by atoms with Gasteiger partial charge in [-0.3, -0.25) is 0 Å². The minimum Gasteiger partial charge on any atom is -0.489 e. The number of fused-ring (bicyclic) bond motifs is 1. The molecule has 2 heterocycles. The highest BCUT2D eigenvalue weighted by atomic mass is 35.5. The van der Waals surface area contributed by atoms with Crippen molar-refractivity contribution in [2.24, 2.45) is 0 Å². The van der Waals surface area contributed by atoms with Gasteiger partial charge in [-0.05, 0) is 67.5 Å². The maximum absolute atomic E-state index is 13.8. The van der Waals surface area contributed by atoms with Crippen LogP contribution >= 0.6 is 23.4 Å². The van der Waals surface area contributed by atoms with Gasteiger partial charge in [-0.1, -0.05) is 90.4 Å². The topological polar surface area (TPSA) is 78.3 Å². The molecule has 216 valence electrons. The van der Waals surface area contributed by atoms with Gasteiger partial charge >= 0.3 is 5.97 Å². The van der Waals surface area contributed by atoms with Gasteiger partial charge in [0.2, 0.25) is 11.1 Å². The molecule has 0 spiro atoms. The zero-order valence-electron chi connectivity index (χ0n) is 23.5. The number of carbonyl (C=O) groups excluding carboxylic acids is 1. The van der Waals surface area contributed by atoms with Crippen LogP contribution in [0, 0.1) is 0 Å². The van der Waals surface area contributed by atoms with Crippen molar-refractivity contribution in [2.45, 2.75) is 68.7 Å². The first-order chi connectivity index (χ1) is 20.5. The number of nitrogens with one attached hydrogen (secondary N) is 1. The van der Waals surface area contributed by atoms with Gasteiger partial charge in [0.15, 0.2) is 0 Å². The molecule has 42 heavy (non-hydrogen) atoms. The lowest BCUT2D eigenvalue weighted by atomic mass is 9.94. The summed E-state index contributed by atoms with van der Waals surface area (Å²) in [5.74, 6) is 1.59. The van der Waals surface area contributed by atoms with E-state index in [1.807, 2.05) is 85.8 Å². The molecule has 9 heteroatoms. The van der Waals surface area contributed by atoms with Crippen LogP contribution in [-0.4, -0.2) is 26.8 Å². The van der Waals surface area contributed by atoms with E-state index in [0.717, 1.165) is 42.4 Å². The van der Waals surface area contributed by atoms with Crippen LogP contribution < -0.4 is 10.1 Å². The Kier molecular flexibility index (Phi) is 8.81. The molecule has 0 bridgehead atoms. The van der Waals surface area contributed by atoms with Crippen molar-refractivity contribution in [3.63, 3.8) is 0 Å². The van der Waals surface area contributed by atoms with E-state index < -0.39 is 6.04 Å². The summed E-state index contributed by atoms with van der Waals surface area (Å²) in [5, 5.41) is 9.49. The lowest BCUT2D eigenvalue weighted by molar-refractivity contribution is -0.146. The number of esters is 1. The maximum Gasteiger partial charge on any atom is 0.338 e. The molecule has 1 N–H and O–H groups in total. The van der Waals surface area contributed by atoms with Crippen molar-refractivity contribution < 1.29 is 14.3 Å². The first-order valence-corrected chi connectivity index (χ1v) is 15.7. The number of carbonyl (C=O) groups is 1. The molecular formula is C33H33ClN4O3S. The Balaban J connectivity index is 1.31. The molecule has 7 nitrogen and oxygen atoms in total. The zero-order valence-corrected chi connectivity index (χ0v) is 25.0. The molecule has 0 saturated heterocycles. The third-order valence-corrected chi connectivity index (χ3v) is 8.87. The van der Waals surface area contributed by atoms with Gasteiger partial charge in [-0.15, -0.1) is 5.10 Å². The summed E-state index contributed by atoms with van der Waals surface area (Å²) in [6, 6.07) is 25.1. The van der Waals surface area contributed by atoms with Crippen LogP contribution in [0.2, 0.25) is 5.02 Å². The maximum atomic E-state index is 13.8. The average molecular weight is 601 g/mol. The van der Waals surface area contributed by atoms with E-state index in [1.165, 1.54) is 18.2 Å². The fourth-order valence-corrected chi connectivity index (χ4v) is 6.55. The molecule has 1 aromatic heterocycles. The molecule has 3 aromatic carbocycles. The van der Waals surface area contributed by atoms with E-state index >= 15 is 0 Å². The standard InChI is InChI=1S/C33H33ClN4O3S/c1-22-29(31(39)41-26-15-6-3-7-16-26)30(24-14-10-17-27(19-24)40-20-23-11-4-2-5-12-23)38-32(35-22)36-33(37-38)42-21-25-13-8-9-18-28(25)34/h2,4-5,8-14,17-19,26,30H,3,6-7,15-16,20-21H2,1H3,(H,35,36,37). The summed E-state index contributed by atoms with van der Waals surface area (Å²) in [4.78, 5) is 18.6. The van der Waals surface area contributed by atoms with Crippen LogP contribution in [0.1, 0.15) is 61.8 Å². The fraction of sp³-hybridized carbons (Fsp3) is 0.303. The summed E-state index contributed by atoms with van der Waals surface area (Å²) >= 11 is 7.89. The summed E-state index contributed by atoms with van der Waals surface area (Å²) in [6.45, 7) is 2.34. The van der Waals surface area contributed by atoms with Gasteiger partial charge in [-0.25, -0.2) is 9.48 Å². The highest BCUT2D eigenvalue weighted by molar-refractivity contribution is 7.98. The molecule has 1 fully saturated rings. The second-order valence-corrected chi connectivity index (χ2v) is 12.0. The minimum absolute atomic E-state index is 0.0633. The van der Waals surface area contributed by atoms with E-state index in [-0.39, 0.29) is 12.1 Å². The summed E-state index contributed by atoms with van der Waals surface area (Å²) in [7, 11) is 0. The number of ether oxygens (including phenoxy) is 2. The molecule has 1 saturated carbocycles. The second kappa shape index (κ2) is 13.0. The van der Waals surface area contributed by atoms with Crippen molar-refractivity contribution in [3.8, 4) is 5.75 Å². The number of thioether (sulfide) groups is 1. The van der Waals surface area contributed by atoms with Gasteiger partial charge in [-0.2, -0.15) is 4.98 Å². The smallest absolute Gasteiger partial charge is 0.338 e. The van der Waals surface area contributed by atoms with Crippen molar-refractivity contribution in [1.82, 2.24) is 14.8 Å². The Morgan fingerprint density at radius 1 is 1.02 bits per heavy atom. The first kappa shape index (κ1) is 28.4. The van der Waals surface area contributed by atoms with Gasteiger partial charge in [0.05, 0.1) is 5.57 Å². The third-order valence-electron chi connectivity index (χ3n) is 7.62. The normalized spacial score (nSPS) is 17.0. The molecule has 2 aliphatic rings. The lowest BCUT2D eigenvalue weighted by Crippen LogP contribution is -2.32. The summed E-state index contributed by atoms with van der Waals surface area (Å²) in [6.07, 6.45) is 5.08. The number of benzene rings is 3. The Bertz CT molecular complexity index is 1580. The molecule has 1 unspecified atom stereocenters. The number of rotatable bonds is 9. The molecular weight excluding hydrogens is 568 g/mol. The van der Waals surface area contributed by atoms with Crippen LogP contribution in [0.25, 0.3) is 0 Å². The van der Waals surface area contributed by atoms with E-state index in [1.54, 1.807) is 4.68 Å². The van der Waals surface area contributed by atoms with Crippen molar-refractivity contribution in [1.29, 1.82) is 0 Å². The third kappa shape index (κ3) is 6.50. The number of nitrogens with zero attached hydrogens (tertiary/aromatic N) is 3. The number of hydrogen-bond acceptors (Lipinski definition) is 7. The molecule has 1 aliphatic carbocycles. The Labute approximate surface area is 255 Å². The highest BCUT2D eigenvalue weighted by Crippen LogP contribution is 2.39. The number of anilines is 1. The van der Waals surface area contributed by atoms with Crippen LogP contribution in [0.3, 0.4) is 0 Å². The van der Waals surface area contributed by atoms with E-state index in [2.05, 4.69) is 5.32 Å². The van der Waals surface area contributed by atoms with E-state index in [4.69, 9.17) is 31.2 Å². The first-order valence-electron chi connectivity index (χ1n) is 14.3. The van der Waals surface area contributed by atoms with Crippen LogP contribution in [0.4, 0.5) is 5.95 Å². The van der Waals surface area contributed by atoms with Crippen molar-refractivity contribution in [3.05, 3.63) is 112 Å². The molecule has 1 aliphatic heterocycles. The highest BCUT2D eigenvalue weighted by Gasteiger charge is 2.36. The molecule has 4 aromatic rings. The van der Waals surface area contributed by atoms with Gasteiger partial charge in [0.25, 0.3) is 0 Å². The second-order valence-electron chi connectivity index (χ2n) is 10.6. The largest absolute Gasteiger partial charge is 0.489 e. The Morgan fingerprint density at radius 3 is 2.62 bits per heavy atom. The Hall–Kier alpha value is -3.75. The molecule has 0 radical (unpaired) electrons. The quantitative estimate of drug-likeness (QED) is 0.154. The Morgan fingerprint density at radius 2 is 1.81 bits per heavy atom. The lowest BCUT2D eigenvalue weighted by Gasteiger charge is -2.30. The van der Waals surface area contributed by atoms with Gasteiger partial charge < -0.3 is 14.8 Å². The molecule has 0 amide bonds. The predicted octanol–water partition coefficient (Wildman–Crippen LogP) is 7.97. The molecule has 6 rings (SSSR count). The van der Waals surface area contributed by atoms with Crippen LogP contribution in [0.15, 0.2) is 95.3 Å². The van der Waals surface area contributed by atoms with Gasteiger partial charge in [0.1, 0.15) is 24.5 Å². The number of halogens is 1. The number of aromatic nitrogens is 3. The molecule has 1 atom stereocenters. The van der Waals surface area contributed by atoms with Crippen LogP contribution in [-0.2, 0) is 21.9 Å². The van der Waals surface area contributed by atoms with Crippen molar-refractivity contribution >= 4 is 35.3 Å². The van der Waals surface area contributed by atoms with Crippen molar-refractivity contribution in [2.75, 3.05) is 5.32 Å².